The van der Waals surface area contributed by atoms with Crippen LogP contribution in [0.2, 0.25) is 0 Å². The van der Waals surface area contributed by atoms with E-state index >= 15 is 0 Å². The molecule has 5 nitrogen and oxygen atoms in total. The van der Waals surface area contributed by atoms with E-state index in [2.05, 4.69) is 48.5 Å². The number of benzene rings is 2. The molecule has 1 saturated carbocycles. The number of rotatable bonds is 7. The fraction of sp³-hybridized carbons (Fsp3) is 0.379. The standard InChI is InChI=1S/C29H30N2O3S2/c32-24-12-14-31-23(16-30(29(34)27(31)28(24)33)13-5-15-35-17-19-10-11-19)26-21-7-2-1-6-20(21)18-36-25-9-4-3-8-22(25)26/h1-4,6-9,12,14,19,23,26,33H,5,10-11,13,15-18H2/t23?,26-/m0/s1. The maximum atomic E-state index is 13.6. The molecule has 2 aliphatic heterocycles. The lowest BCUT2D eigenvalue weighted by molar-refractivity contribution is 0.0651. The monoisotopic (exact) mass is 518 g/mol. The van der Waals surface area contributed by atoms with E-state index in [0.29, 0.717) is 13.1 Å². The van der Waals surface area contributed by atoms with Crippen molar-refractivity contribution in [2.75, 3.05) is 24.6 Å². The van der Waals surface area contributed by atoms with Crippen molar-refractivity contribution in [3.8, 4) is 5.75 Å². The van der Waals surface area contributed by atoms with Crippen LogP contribution in [0.4, 0.5) is 0 Å². The Balaban J connectivity index is 1.40. The number of carbonyl (C=O) groups is 1. The molecular formula is C29H30N2O3S2. The molecule has 1 amide bonds. The molecule has 186 valence electrons. The van der Waals surface area contributed by atoms with E-state index in [1.54, 1.807) is 6.20 Å². The molecule has 3 heterocycles. The summed E-state index contributed by atoms with van der Waals surface area (Å²) in [5, 5.41) is 10.8. The van der Waals surface area contributed by atoms with E-state index in [4.69, 9.17) is 0 Å². The van der Waals surface area contributed by atoms with Crippen molar-refractivity contribution < 1.29 is 9.90 Å². The Kier molecular flexibility index (Phi) is 6.61. The second-order valence-electron chi connectivity index (χ2n) is 9.98. The third kappa shape index (κ3) is 4.48. The topological polar surface area (TPSA) is 62.5 Å². The number of nitrogens with zero attached hydrogens (tertiary/aromatic N) is 2. The van der Waals surface area contributed by atoms with E-state index in [0.717, 1.165) is 23.8 Å². The van der Waals surface area contributed by atoms with E-state index < -0.39 is 11.2 Å². The van der Waals surface area contributed by atoms with Crippen LogP contribution in [0.3, 0.4) is 0 Å². The SMILES string of the molecule is O=C1c2c(O)c(=O)ccn2C([C@H]2c3ccccc3CSc3ccccc32)CN1CCCSCC1CC1. The van der Waals surface area contributed by atoms with Crippen LogP contribution in [0.25, 0.3) is 0 Å². The summed E-state index contributed by atoms with van der Waals surface area (Å²) in [5.41, 5.74) is 3.38. The zero-order valence-electron chi connectivity index (χ0n) is 20.1. The summed E-state index contributed by atoms with van der Waals surface area (Å²) in [7, 11) is 0. The Morgan fingerprint density at radius 1 is 1.00 bits per heavy atom. The Labute approximate surface area is 219 Å². The minimum Gasteiger partial charge on any atom is -0.503 e. The molecule has 0 spiro atoms. The van der Waals surface area contributed by atoms with Gasteiger partial charge in [-0.3, -0.25) is 9.59 Å². The normalized spacial score (nSPS) is 20.9. The van der Waals surface area contributed by atoms with E-state index in [1.807, 2.05) is 33.0 Å². The van der Waals surface area contributed by atoms with Gasteiger partial charge in [0.25, 0.3) is 5.91 Å². The van der Waals surface area contributed by atoms with Crippen LogP contribution in [-0.4, -0.2) is 45.1 Å². The Morgan fingerprint density at radius 3 is 2.61 bits per heavy atom. The number of aromatic hydroxyl groups is 1. The van der Waals surface area contributed by atoms with Gasteiger partial charge in [0.05, 0.1) is 6.04 Å². The first-order valence-corrected chi connectivity index (χ1v) is 14.9. The highest BCUT2D eigenvalue weighted by molar-refractivity contribution is 7.99. The van der Waals surface area contributed by atoms with E-state index in [9.17, 15) is 14.7 Å². The average Bonchev–Trinajstić information content (AvgIpc) is 3.73. The molecule has 1 aromatic heterocycles. The Bertz CT molecular complexity index is 1300. The minimum absolute atomic E-state index is 0.00658. The zero-order chi connectivity index (χ0) is 24.6. The van der Waals surface area contributed by atoms with Crippen LogP contribution in [-0.2, 0) is 5.75 Å². The molecule has 3 aliphatic rings. The number of fused-ring (bicyclic) bond motifs is 3. The summed E-state index contributed by atoms with van der Waals surface area (Å²) in [4.78, 5) is 29.1. The fourth-order valence-corrected chi connectivity index (χ4v) is 7.78. The first kappa shape index (κ1) is 23.7. The van der Waals surface area contributed by atoms with Crippen molar-refractivity contribution in [1.29, 1.82) is 0 Å². The lowest BCUT2D eigenvalue weighted by Gasteiger charge is -2.40. The molecule has 36 heavy (non-hydrogen) atoms. The molecule has 2 atom stereocenters. The average molecular weight is 519 g/mol. The smallest absolute Gasteiger partial charge is 0.274 e. The summed E-state index contributed by atoms with van der Waals surface area (Å²) in [6.45, 7) is 1.17. The summed E-state index contributed by atoms with van der Waals surface area (Å²) < 4.78 is 1.87. The molecule has 7 heteroatoms. The van der Waals surface area contributed by atoms with Crippen molar-refractivity contribution >= 4 is 29.4 Å². The maximum absolute atomic E-state index is 13.6. The van der Waals surface area contributed by atoms with Crippen LogP contribution >= 0.6 is 23.5 Å². The second-order valence-corrected chi connectivity index (χ2v) is 12.1. The summed E-state index contributed by atoms with van der Waals surface area (Å²) in [6.07, 6.45) is 5.31. The molecule has 1 aliphatic carbocycles. The molecule has 0 radical (unpaired) electrons. The number of carbonyl (C=O) groups excluding carboxylic acids is 1. The highest BCUT2D eigenvalue weighted by Gasteiger charge is 2.40. The van der Waals surface area contributed by atoms with Gasteiger partial charge in [-0.15, -0.1) is 11.8 Å². The van der Waals surface area contributed by atoms with Crippen LogP contribution in [0.5, 0.6) is 5.75 Å². The summed E-state index contributed by atoms with van der Waals surface area (Å²) >= 11 is 3.82. The van der Waals surface area contributed by atoms with Gasteiger partial charge in [0.2, 0.25) is 5.43 Å². The summed E-state index contributed by atoms with van der Waals surface area (Å²) in [5.74, 6) is 3.31. The Morgan fingerprint density at radius 2 is 1.78 bits per heavy atom. The van der Waals surface area contributed by atoms with Crippen LogP contribution in [0.1, 0.15) is 58.4 Å². The first-order chi connectivity index (χ1) is 17.6. The number of thioether (sulfide) groups is 2. The van der Waals surface area contributed by atoms with Gasteiger partial charge in [-0.05, 0) is 59.4 Å². The van der Waals surface area contributed by atoms with Crippen LogP contribution < -0.4 is 5.43 Å². The maximum Gasteiger partial charge on any atom is 0.274 e. The van der Waals surface area contributed by atoms with Gasteiger partial charge in [0.15, 0.2) is 11.4 Å². The third-order valence-corrected chi connectivity index (χ3v) is 9.96. The molecule has 2 aromatic carbocycles. The van der Waals surface area contributed by atoms with Crippen LogP contribution in [0.15, 0.2) is 70.5 Å². The predicted molar refractivity (Wildman–Crippen MR) is 146 cm³/mol. The molecule has 1 N–H and O–H groups in total. The lowest BCUT2D eigenvalue weighted by Crippen LogP contribution is -2.46. The number of hydrogen-bond acceptors (Lipinski definition) is 5. The van der Waals surface area contributed by atoms with Crippen molar-refractivity contribution in [1.82, 2.24) is 9.47 Å². The molecule has 0 saturated heterocycles. The van der Waals surface area contributed by atoms with Gasteiger partial charge in [-0.2, -0.15) is 11.8 Å². The quantitative estimate of drug-likeness (QED) is 0.417. The minimum atomic E-state index is -0.507. The molecular weight excluding hydrogens is 488 g/mol. The van der Waals surface area contributed by atoms with Crippen LogP contribution in [0, 0.1) is 5.92 Å². The Hall–Kier alpha value is -2.64. The van der Waals surface area contributed by atoms with Crippen molar-refractivity contribution in [3.63, 3.8) is 0 Å². The van der Waals surface area contributed by atoms with Gasteiger partial charge in [-0.25, -0.2) is 0 Å². The number of amides is 1. The molecule has 6 rings (SSSR count). The van der Waals surface area contributed by atoms with E-state index in [1.165, 1.54) is 46.2 Å². The highest BCUT2D eigenvalue weighted by Crippen LogP contribution is 2.47. The van der Waals surface area contributed by atoms with Gasteiger partial charge in [-0.1, -0.05) is 42.5 Å². The van der Waals surface area contributed by atoms with Crippen molar-refractivity contribution in [2.24, 2.45) is 5.92 Å². The molecule has 1 fully saturated rings. The first-order valence-electron chi connectivity index (χ1n) is 12.7. The predicted octanol–water partition coefficient (Wildman–Crippen LogP) is 5.52. The number of pyridine rings is 1. The fourth-order valence-electron chi connectivity index (χ4n) is 5.50. The van der Waals surface area contributed by atoms with Crippen molar-refractivity contribution in [3.05, 3.63) is 93.4 Å². The molecule has 0 bridgehead atoms. The summed E-state index contributed by atoms with van der Waals surface area (Å²) in [6, 6.07) is 18.3. The van der Waals surface area contributed by atoms with Gasteiger partial charge >= 0.3 is 0 Å². The molecule has 1 unspecified atom stereocenters. The van der Waals surface area contributed by atoms with Crippen molar-refractivity contribution in [2.45, 2.75) is 41.9 Å². The highest BCUT2D eigenvalue weighted by atomic mass is 32.2. The van der Waals surface area contributed by atoms with Gasteiger partial charge < -0.3 is 14.6 Å². The number of hydrogen-bond donors (Lipinski definition) is 1. The van der Waals surface area contributed by atoms with Gasteiger partial charge in [0, 0.05) is 41.9 Å². The van der Waals surface area contributed by atoms with E-state index in [-0.39, 0.29) is 23.6 Å². The largest absolute Gasteiger partial charge is 0.503 e. The zero-order valence-corrected chi connectivity index (χ0v) is 21.8. The lowest BCUT2D eigenvalue weighted by atomic mass is 9.81. The molecule has 3 aromatic rings. The number of aromatic nitrogens is 1. The second kappa shape index (κ2) is 10.0. The third-order valence-electron chi connectivity index (χ3n) is 7.54. The van der Waals surface area contributed by atoms with Gasteiger partial charge in [0.1, 0.15) is 0 Å².